The van der Waals surface area contributed by atoms with Crippen molar-refractivity contribution in [2.45, 2.75) is 25.7 Å². The topological polar surface area (TPSA) is 119 Å². The van der Waals surface area contributed by atoms with E-state index >= 15 is 0 Å². The van der Waals surface area contributed by atoms with Crippen molar-refractivity contribution >= 4 is 29.8 Å². The fourth-order valence-electron chi connectivity index (χ4n) is 5.51. The third kappa shape index (κ3) is 7.06. The van der Waals surface area contributed by atoms with E-state index in [1.165, 1.54) is 0 Å². The van der Waals surface area contributed by atoms with E-state index in [4.69, 9.17) is 18.9 Å². The summed E-state index contributed by atoms with van der Waals surface area (Å²) in [5, 5.41) is 12.6. The van der Waals surface area contributed by atoms with Crippen LogP contribution in [0.15, 0.2) is 66.7 Å². The van der Waals surface area contributed by atoms with Gasteiger partial charge in [-0.05, 0) is 59.0 Å². The first-order valence-corrected chi connectivity index (χ1v) is 14.6. The monoisotopic (exact) mass is 610 g/mol. The summed E-state index contributed by atoms with van der Waals surface area (Å²) in [6.45, 7) is 1.12. The average Bonchev–Trinajstić information content (AvgIpc) is 3.07. The van der Waals surface area contributed by atoms with Gasteiger partial charge in [-0.1, -0.05) is 24.3 Å². The zero-order valence-corrected chi connectivity index (χ0v) is 25.9. The maximum absolute atomic E-state index is 11.5. The van der Waals surface area contributed by atoms with Crippen LogP contribution in [0.1, 0.15) is 27.0 Å². The van der Waals surface area contributed by atoms with Gasteiger partial charge in [0, 0.05) is 67.0 Å². The summed E-state index contributed by atoms with van der Waals surface area (Å²) in [7, 11) is 6.78. The molecule has 0 bridgehead atoms. The molecule has 0 radical (unpaired) electrons. The van der Waals surface area contributed by atoms with E-state index in [9.17, 15) is 9.59 Å². The second kappa shape index (κ2) is 14.4. The predicted molar refractivity (Wildman–Crippen MR) is 176 cm³/mol. The van der Waals surface area contributed by atoms with Gasteiger partial charge in [0.2, 0.25) is 6.41 Å². The summed E-state index contributed by atoms with van der Waals surface area (Å²) in [6.07, 6.45) is 2.24. The van der Waals surface area contributed by atoms with Gasteiger partial charge in [-0.2, -0.15) is 0 Å². The van der Waals surface area contributed by atoms with Crippen molar-refractivity contribution < 1.29 is 28.5 Å². The quantitative estimate of drug-likeness (QED) is 0.145. The lowest BCUT2D eigenvalue weighted by molar-refractivity contribution is -0.110. The van der Waals surface area contributed by atoms with E-state index in [2.05, 4.69) is 33.4 Å². The normalized spacial score (nSPS) is 13.5. The van der Waals surface area contributed by atoms with Gasteiger partial charge in [0.25, 0.3) is 0 Å². The Balaban J connectivity index is 1.39. The third-order valence-electron chi connectivity index (χ3n) is 7.78. The van der Waals surface area contributed by atoms with E-state index in [0.717, 1.165) is 51.9 Å². The summed E-state index contributed by atoms with van der Waals surface area (Å²) in [5.74, 6) is 2.20. The SMILES string of the molecule is CNc1cc(COc2cc(NC)c(C=O)cc2OC)cc(COc2cc3c(cc2OC)-c2ccccc2CC(NC=O)CN3)c1. The van der Waals surface area contributed by atoms with Crippen LogP contribution in [0.25, 0.3) is 11.1 Å². The van der Waals surface area contributed by atoms with Crippen molar-refractivity contribution in [2.24, 2.45) is 0 Å². The van der Waals surface area contributed by atoms with Crippen LogP contribution in [0.5, 0.6) is 23.0 Å². The number of benzene rings is 4. The number of fused-ring (bicyclic) bond motifs is 3. The predicted octanol–water partition coefficient (Wildman–Crippen LogP) is 5.51. The minimum atomic E-state index is -0.0547. The second-order valence-electron chi connectivity index (χ2n) is 10.6. The first-order valence-electron chi connectivity index (χ1n) is 14.6. The number of nitrogens with one attached hydrogen (secondary N) is 4. The number of hydrogen-bond donors (Lipinski definition) is 4. The van der Waals surface area contributed by atoms with E-state index in [1.54, 1.807) is 33.4 Å². The maximum Gasteiger partial charge on any atom is 0.207 e. The lowest BCUT2D eigenvalue weighted by atomic mass is 9.92. The highest BCUT2D eigenvalue weighted by Crippen LogP contribution is 2.41. The first-order chi connectivity index (χ1) is 22.0. The molecule has 1 aliphatic rings. The molecule has 1 unspecified atom stereocenters. The molecule has 5 rings (SSSR count). The lowest BCUT2D eigenvalue weighted by Crippen LogP contribution is -2.37. The third-order valence-corrected chi connectivity index (χ3v) is 7.78. The molecule has 0 aliphatic carbocycles. The van der Waals surface area contributed by atoms with E-state index in [1.807, 2.05) is 49.5 Å². The smallest absolute Gasteiger partial charge is 0.207 e. The van der Waals surface area contributed by atoms with Gasteiger partial charge in [0.1, 0.15) is 13.2 Å². The van der Waals surface area contributed by atoms with Crippen LogP contribution in [-0.4, -0.2) is 53.6 Å². The van der Waals surface area contributed by atoms with Gasteiger partial charge < -0.3 is 40.2 Å². The highest BCUT2D eigenvalue weighted by molar-refractivity contribution is 5.86. The summed E-state index contributed by atoms with van der Waals surface area (Å²) < 4.78 is 23.7. The largest absolute Gasteiger partial charge is 0.493 e. The molecular formula is C35H38N4O6. The number of carbonyl (C=O) groups excluding carboxylic acids is 2. The van der Waals surface area contributed by atoms with E-state index in [0.29, 0.717) is 47.2 Å². The van der Waals surface area contributed by atoms with Gasteiger partial charge in [0.05, 0.1) is 14.2 Å². The molecule has 0 spiro atoms. The molecule has 4 aromatic carbocycles. The van der Waals surface area contributed by atoms with Crippen molar-refractivity contribution in [1.29, 1.82) is 0 Å². The minimum absolute atomic E-state index is 0.0547. The van der Waals surface area contributed by atoms with Gasteiger partial charge in [-0.3, -0.25) is 9.59 Å². The molecule has 10 nitrogen and oxygen atoms in total. The molecule has 1 aliphatic heterocycles. The van der Waals surface area contributed by atoms with Crippen molar-refractivity contribution in [3.05, 3.63) is 89.0 Å². The van der Waals surface area contributed by atoms with Crippen LogP contribution in [0.4, 0.5) is 17.1 Å². The Morgan fingerprint density at radius 1 is 0.800 bits per heavy atom. The summed E-state index contributed by atoms with van der Waals surface area (Å²) in [6, 6.07) is 21.5. The van der Waals surface area contributed by atoms with Crippen LogP contribution < -0.4 is 40.2 Å². The Labute approximate surface area is 263 Å². The first kappa shape index (κ1) is 31.1. The molecule has 1 heterocycles. The highest BCUT2D eigenvalue weighted by Gasteiger charge is 2.21. The van der Waals surface area contributed by atoms with Crippen molar-refractivity contribution in [1.82, 2.24) is 5.32 Å². The summed E-state index contributed by atoms with van der Waals surface area (Å²) in [4.78, 5) is 22.7. The molecule has 0 fully saturated rings. The highest BCUT2D eigenvalue weighted by atomic mass is 16.5. The number of anilines is 3. The Morgan fingerprint density at radius 3 is 2.13 bits per heavy atom. The van der Waals surface area contributed by atoms with Gasteiger partial charge in [0.15, 0.2) is 29.3 Å². The van der Waals surface area contributed by atoms with Crippen molar-refractivity contribution in [3.63, 3.8) is 0 Å². The number of hydrogen-bond acceptors (Lipinski definition) is 9. The molecular weight excluding hydrogens is 572 g/mol. The molecule has 4 aromatic rings. The van der Waals surface area contributed by atoms with Crippen molar-refractivity contribution in [3.8, 4) is 34.1 Å². The molecule has 1 amide bonds. The molecule has 0 saturated heterocycles. The Bertz CT molecular complexity index is 1670. The van der Waals surface area contributed by atoms with E-state index < -0.39 is 0 Å². The lowest BCUT2D eigenvalue weighted by Gasteiger charge is -2.26. The zero-order valence-electron chi connectivity index (χ0n) is 25.9. The fraction of sp³-hybridized carbons (Fsp3) is 0.257. The molecule has 1 atom stereocenters. The van der Waals surface area contributed by atoms with E-state index in [-0.39, 0.29) is 19.3 Å². The van der Waals surface area contributed by atoms with Crippen molar-refractivity contribution in [2.75, 3.05) is 50.8 Å². The number of amides is 1. The summed E-state index contributed by atoms with van der Waals surface area (Å²) >= 11 is 0. The Kier molecular flexibility index (Phi) is 9.93. The average molecular weight is 611 g/mol. The molecule has 234 valence electrons. The minimum Gasteiger partial charge on any atom is -0.493 e. The van der Waals surface area contributed by atoms with Crippen LogP contribution in [-0.2, 0) is 24.4 Å². The maximum atomic E-state index is 11.5. The number of rotatable bonds is 13. The van der Waals surface area contributed by atoms with Crippen LogP contribution in [0.2, 0.25) is 0 Å². The number of aldehydes is 1. The fourth-order valence-corrected chi connectivity index (χ4v) is 5.51. The molecule has 0 saturated carbocycles. The number of carbonyl (C=O) groups is 2. The van der Waals surface area contributed by atoms with Gasteiger partial charge in [-0.25, -0.2) is 0 Å². The second-order valence-corrected chi connectivity index (χ2v) is 10.6. The molecule has 4 N–H and O–H groups in total. The zero-order chi connectivity index (χ0) is 31.8. The molecule has 10 heteroatoms. The Hall–Kier alpha value is -5.38. The number of ether oxygens (including phenoxy) is 4. The molecule has 45 heavy (non-hydrogen) atoms. The molecule has 0 aromatic heterocycles. The number of methoxy groups -OCH3 is 2. The van der Waals surface area contributed by atoms with Gasteiger partial charge in [-0.15, -0.1) is 0 Å². The van der Waals surface area contributed by atoms with Gasteiger partial charge >= 0.3 is 0 Å². The standard InChI is InChI=1S/C35H38N4O6/c1-36-26-10-22(19-44-34-15-30(37-2)25(18-40)13-32(34)42-3)9-23(11-26)20-45-35-16-31-29(14-33(35)43-4)28-8-6-5-7-24(28)12-27(17-38-31)39-21-41/h5-11,13-16,18,21,27,36-38H,12,17,19-20H2,1-4H3,(H,39,41). The van der Waals surface area contributed by atoms with Crippen LogP contribution in [0.3, 0.4) is 0 Å². The van der Waals surface area contributed by atoms with Crippen LogP contribution in [0, 0.1) is 0 Å². The summed E-state index contributed by atoms with van der Waals surface area (Å²) in [5.41, 5.74) is 8.02. The van der Waals surface area contributed by atoms with Crippen LogP contribution >= 0.6 is 0 Å². The Morgan fingerprint density at radius 2 is 1.49 bits per heavy atom.